The van der Waals surface area contributed by atoms with E-state index in [1.54, 1.807) is 13.0 Å². The second-order valence-corrected chi connectivity index (χ2v) is 8.36. The largest absolute Gasteiger partial charge is 0.507 e. The number of ether oxygens (including phenoxy) is 1. The molecule has 0 bridgehead atoms. The summed E-state index contributed by atoms with van der Waals surface area (Å²) in [6.45, 7) is 9.23. The summed E-state index contributed by atoms with van der Waals surface area (Å²) in [6.07, 6.45) is 4.84. The third-order valence-electron chi connectivity index (χ3n) is 5.44. The van der Waals surface area contributed by atoms with Gasteiger partial charge in [0.1, 0.15) is 28.2 Å². The quantitative estimate of drug-likeness (QED) is 0.553. The molecule has 1 aromatic carbocycles. The van der Waals surface area contributed by atoms with Crippen molar-refractivity contribution < 1.29 is 29.3 Å². The van der Waals surface area contributed by atoms with Crippen LogP contribution >= 0.6 is 0 Å². The molecule has 1 heterocycles. The van der Waals surface area contributed by atoms with Crippen molar-refractivity contribution in [2.45, 2.75) is 53.1 Å². The fourth-order valence-corrected chi connectivity index (χ4v) is 3.87. The van der Waals surface area contributed by atoms with Gasteiger partial charge in [-0.1, -0.05) is 23.3 Å². The van der Waals surface area contributed by atoms with E-state index in [1.165, 1.54) is 6.07 Å². The lowest BCUT2D eigenvalue weighted by molar-refractivity contribution is -0.144. The van der Waals surface area contributed by atoms with Gasteiger partial charge in [-0.2, -0.15) is 0 Å². The summed E-state index contributed by atoms with van der Waals surface area (Å²) in [5.74, 6) is -2.03. The molecular formula is C25H28O7. The number of phenols is 2. The first kappa shape index (κ1) is 23.3. The normalized spacial score (nSPS) is 17.7. The standard InChI is InChI=1S/C25H28O7/c1-6-31-25(10-9-14(4)5)21-19(12-17(27)24(25)30)32-18-11-16(26)15(8-7-13(2)3)22(28)20(18)23(21)29/h7,9,11-12,26-28H,6,8,10H2,1-5H3. The predicted molar refractivity (Wildman–Crippen MR) is 122 cm³/mol. The van der Waals surface area contributed by atoms with Crippen LogP contribution in [0.5, 0.6) is 11.5 Å². The molecule has 1 atom stereocenters. The number of ketones is 1. The predicted octanol–water partition coefficient (Wildman–Crippen LogP) is 4.78. The number of aliphatic hydroxyl groups excluding tert-OH is 1. The minimum atomic E-state index is -1.79. The Bertz CT molecular complexity index is 1240. The van der Waals surface area contributed by atoms with E-state index in [2.05, 4.69) is 0 Å². The van der Waals surface area contributed by atoms with E-state index in [4.69, 9.17) is 9.15 Å². The van der Waals surface area contributed by atoms with E-state index in [1.807, 2.05) is 33.8 Å². The molecular weight excluding hydrogens is 412 g/mol. The highest BCUT2D eigenvalue weighted by atomic mass is 16.5. The molecule has 1 aliphatic rings. The monoisotopic (exact) mass is 440 g/mol. The van der Waals surface area contributed by atoms with Gasteiger partial charge in [-0.15, -0.1) is 0 Å². The van der Waals surface area contributed by atoms with E-state index in [0.29, 0.717) is 0 Å². The van der Waals surface area contributed by atoms with Crippen LogP contribution < -0.4 is 5.43 Å². The van der Waals surface area contributed by atoms with Gasteiger partial charge in [-0.05, 0) is 41.0 Å². The number of benzene rings is 1. The van der Waals surface area contributed by atoms with Crippen LogP contribution in [-0.4, -0.2) is 27.7 Å². The van der Waals surface area contributed by atoms with Crippen molar-refractivity contribution in [1.82, 2.24) is 0 Å². The van der Waals surface area contributed by atoms with Crippen molar-refractivity contribution >= 4 is 22.8 Å². The van der Waals surface area contributed by atoms with Crippen LogP contribution in [-0.2, 0) is 21.6 Å². The highest BCUT2D eigenvalue weighted by Gasteiger charge is 2.49. The number of rotatable bonds is 6. The fraction of sp³-hybridized carbons (Fsp3) is 0.360. The minimum Gasteiger partial charge on any atom is -0.507 e. The van der Waals surface area contributed by atoms with Gasteiger partial charge < -0.3 is 24.5 Å². The van der Waals surface area contributed by atoms with E-state index in [-0.39, 0.29) is 53.1 Å². The first-order chi connectivity index (χ1) is 15.0. The Balaban J connectivity index is 2.43. The van der Waals surface area contributed by atoms with Crippen molar-refractivity contribution in [3.63, 3.8) is 0 Å². The van der Waals surface area contributed by atoms with Crippen molar-refractivity contribution in [2.24, 2.45) is 0 Å². The number of hydrogen-bond acceptors (Lipinski definition) is 7. The van der Waals surface area contributed by atoms with Gasteiger partial charge in [0.15, 0.2) is 11.4 Å². The Labute approximate surface area is 186 Å². The summed E-state index contributed by atoms with van der Waals surface area (Å²) in [4.78, 5) is 26.8. The summed E-state index contributed by atoms with van der Waals surface area (Å²) in [5, 5.41) is 31.5. The van der Waals surface area contributed by atoms with Crippen LogP contribution in [0, 0.1) is 0 Å². The summed E-state index contributed by atoms with van der Waals surface area (Å²) in [5.41, 5.74) is -0.530. The summed E-state index contributed by atoms with van der Waals surface area (Å²) >= 11 is 0. The van der Waals surface area contributed by atoms with Crippen LogP contribution in [0.1, 0.15) is 57.9 Å². The van der Waals surface area contributed by atoms with Gasteiger partial charge in [-0.25, -0.2) is 0 Å². The molecule has 1 aromatic heterocycles. The van der Waals surface area contributed by atoms with E-state index in [9.17, 15) is 24.9 Å². The van der Waals surface area contributed by atoms with Gasteiger partial charge in [0.25, 0.3) is 0 Å². The number of fused-ring (bicyclic) bond motifs is 2. The molecule has 2 aromatic rings. The Kier molecular flexibility index (Phi) is 6.32. The molecule has 170 valence electrons. The molecule has 32 heavy (non-hydrogen) atoms. The van der Waals surface area contributed by atoms with Gasteiger partial charge in [0, 0.05) is 30.7 Å². The molecule has 3 N–H and O–H groups in total. The molecule has 7 heteroatoms. The maximum atomic E-state index is 13.7. The number of allylic oxidation sites excluding steroid dienone is 3. The van der Waals surface area contributed by atoms with Crippen LogP contribution in [0.2, 0.25) is 0 Å². The van der Waals surface area contributed by atoms with Gasteiger partial charge in [-0.3, -0.25) is 9.59 Å². The topological polar surface area (TPSA) is 117 Å². The lowest BCUT2D eigenvalue weighted by Crippen LogP contribution is -2.45. The van der Waals surface area contributed by atoms with Crippen LogP contribution in [0.15, 0.2) is 44.3 Å². The van der Waals surface area contributed by atoms with Crippen LogP contribution in [0.3, 0.4) is 0 Å². The van der Waals surface area contributed by atoms with E-state index < -0.39 is 28.3 Å². The minimum absolute atomic E-state index is 0.00659. The van der Waals surface area contributed by atoms with Crippen LogP contribution in [0.4, 0.5) is 0 Å². The molecule has 0 fully saturated rings. The average molecular weight is 440 g/mol. The lowest BCUT2D eigenvalue weighted by atomic mass is 9.79. The smallest absolute Gasteiger partial charge is 0.234 e. The molecule has 0 spiro atoms. The number of carbonyl (C=O) groups excluding carboxylic acids is 1. The SMILES string of the molecule is CCOC1(CC=C(C)C)C(=O)C(O)=Cc2oc3cc(O)c(CC=C(C)C)c(O)c3c(=O)c21. The number of aliphatic hydroxyl groups is 1. The Morgan fingerprint density at radius 3 is 2.34 bits per heavy atom. The molecule has 0 radical (unpaired) electrons. The van der Waals surface area contributed by atoms with Crippen molar-refractivity contribution in [3.05, 3.63) is 62.2 Å². The molecule has 1 unspecified atom stereocenters. The third kappa shape index (κ3) is 3.84. The number of aromatic hydroxyl groups is 2. The van der Waals surface area contributed by atoms with Crippen LogP contribution in [0.25, 0.3) is 17.0 Å². The number of phenolic OH excluding ortho intramolecular Hbond substituents is 2. The third-order valence-corrected chi connectivity index (χ3v) is 5.44. The molecule has 1 aliphatic carbocycles. The zero-order valence-electron chi connectivity index (χ0n) is 18.9. The number of Topliss-reactive ketones (excluding diaryl/α,β-unsaturated/α-hetero) is 1. The average Bonchev–Trinajstić information content (AvgIpc) is 2.69. The van der Waals surface area contributed by atoms with Crippen molar-refractivity contribution in [2.75, 3.05) is 6.61 Å². The van der Waals surface area contributed by atoms with Gasteiger partial charge in [0.05, 0.1) is 5.56 Å². The van der Waals surface area contributed by atoms with E-state index >= 15 is 0 Å². The van der Waals surface area contributed by atoms with E-state index in [0.717, 1.165) is 17.2 Å². The van der Waals surface area contributed by atoms with Gasteiger partial charge >= 0.3 is 0 Å². The fourth-order valence-electron chi connectivity index (χ4n) is 3.87. The van der Waals surface area contributed by atoms with Crippen molar-refractivity contribution in [1.29, 1.82) is 0 Å². The van der Waals surface area contributed by atoms with Crippen molar-refractivity contribution in [3.8, 4) is 11.5 Å². The Hall–Kier alpha value is -3.32. The summed E-state index contributed by atoms with van der Waals surface area (Å²) in [7, 11) is 0. The first-order valence-corrected chi connectivity index (χ1v) is 10.4. The summed E-state index contributed by atoms with van der Waals surface area (Å²) < 4.78 is 11.6. The Morgan fingerprint density at radius 2 is 1.75 bits per heavy atom. The molecule has 3 rings (SSSR count). The molecule has 0 saturated carbocycles. The second-order valence-electron chi connectivity index (χ2n) is 8.36. The summed E-state index contributed by atoms with van der Waals surface area (Å²) in [6, 6.07) is 1.25. The zero-order valence-corrected chi connectivity index (χ0v) is 18.9. The number of carbonyl (C=O) groups is 1. The highest BCUT2D eigenvalue weighted by molar-refractivity contribution is 6.07. The molecule has 7 nitrogen and oxygen atoms in total. The molecule has 0 amide bonds. The maximum Gasteiger partial charge on any atom is 0.234 e. The molecule has 0 saturated heterocycles. The first-order valence-electron chi connectivity index (χ1n) is 10.4. The molecule has 0 aliphatic heterocycles. The Morgan fingerprint density at radius 1 is 1.09 bits per heavy atom. The number of hydrogen-bond donors (Lipinski definition) is 3. The highest BCUT2D eigenvalue weighted by Crippen LogP contribution is 2.42. The second kappa shape index (κ2) is 8.67. The lowest BCUT2D eigenvalue weighted by Gasteiger charge is -2.34. The zero-order chi connectivity index (χ0) is 23.8. The van der Waals surface area contributed by atoms with Gasteiger partial charge in [0.2, 0.25) is 11.2 Å². The maximum absolute atomic E-state index is 13.7.